The Hall–Kier alpha value is -3.13. The van der Waals surface area contributed by atoms with Gasteiger partial charge in [-0.2, -0.15) is 0 Å². The largest absolute Gasteiger partial charge is 0.396 e. The molecule has 2 fully saturated rings. The van der Waals surface area contributed by atoms with Crippen LogP contribution >= 0.6 is 0 Å². The van der Waals surface area contributed by atoms with Gasteiger partial charge in [-0.25, -0.2) is 0 Å². The number of aromatic nitrogens is 2. The smallest absolute Gasteiger partial charge is 0.130 e. The second kappa shape index (κ2) is 10.4. The Morgan fingerprint density at radius 1 is 1.03 bits per heavy atom. The highest BCUT2D eigenvalue weighted by Crippen LogP contribution is 2.35. The van der Waals surface area contributed by atoms with Gasteiger partial charge >= 0.3 is 0 Å². The maximum Gasteiger partial charge on any atom is 0.130 e. The van der Waals surface area contributed by atoms with Gasteiger partial charge in [0, 0.05) is 57.6 Å². The molecular formula is C27H34N6O. The van der Waals surface area contributed by atoms with Gasteiger partial charge in [0.1, 0.15) is 5.82 Å². The van der Waals surface area contributed by atoms with Crippen molar-refractivity contribution < 1.29 is 4.74 Å². The monoisotopic (exact) mass is 458 g/mol. The van der Waals surface area contributed by atoms with Crippen LogP contribution in [0.25, 0.3) is 23.4 Å². The van der Waals surface area contributed by atoms with E-state index in [0.29, 0.717) is 0 Å². The van der Waals surface area contributed by atoms with Gasteiger partial charge in [0.15, 0.2) is 0 Å². The number of nitrogens with one attached hydrogen (secondary N) is 2. The summed E-state index contributed by atoms with van der Waals surface area (Å²) in [7, 11) is 0. The molecule has 2 saturated heterocycles. The molecule has 0 atom stereocenters. The third kappa shape index (κ3) is 5.17. The third-order valence-corrected chi connectivity index (χ3v) is 6.72. The zero-order valence-electron chi connectivity index (χ0n) is 19.9. The van der Waals surface area contributed by atoms with Crippen LogP contribution in [-0.4, -0.2) is 67.4 Å². The Morgan fingerprint density at radius 3 is 2.56 bits per heavy atom. The number of hydrogen-bond acceptors (Lipinski definition) is 6. The van der Waals surface area contributed by atoms with E-state index in [1.165, 1.54) is 11.1 Å². The molecule has 7 heteroatoms. The van der Waals surface area contributed by atoms with Gasteiger partial charge in [0.2, 0.25) is 0 Å². The molecule has 2 aliphatic heterocycles. The number of nitrogens with zero attached hydrogens (tertiary/aromatic N) is 3. The van der Waals surface area contributed by atoms with Crippen LogP contribution in [-0.2, 0) is 11.3 Å². The number of nitrogens with two attached hydrogens (primary N) is 1. The van der Waals surface area contributed by atoms with Crippen molar-refractivity contribution in [3.8, 4) is 11.3 Å². The number of pyridine rings is 1. The maximum atomic E-state index is 6.48. The fraction of sp³-hybridized carbons (Fsp3) is 0.370. The molecule has 0 saturated carbocycles. The van der Waals surface area contributed by atoms with E-state index in [0.717, 1.165) is 93.0 Å². The lowest BCUT2D eigenvalue weighted by molar-refractivity contribution is 0.0342. The SMILES string of the molecule is Cc1c(-c2ccnc(/C=C/c3ccc(CN4CCOCC4)cc3)c2)[nH]c(N2CCNCC2)c1N. The molecule has 0 unspecified atom stereocenters. The van der Waals surface area contributed by atoms with E-state index in [4.69, 9.17) is 10.5 Å². The Bertz CT molecular complexity index is 1120. The van der Waals surface area contributed by atoms with E-state index < -0.39 is 0 Å². The number of ether oxygens (including phenoxy) is 1. The number of rotatable bonds is 6. The lowest BCUT2D eigenvalue weighted by atomic mass is 10.1. The van der Waals surface area contributed by atoms with Crippen molar-refractivity contribution in [3.05, 3.63) is 65.0 Å². The highest BCUT2D eigenvalue weighted by atomic mass is 16.5. The second-order valence-electron chi connectivity index (χ2n) is 9.06. The quantitative estimate of drug-likeness (QED) is 0.525. The van der Waals surface area contributed by atoms with Crippen molar-refractivity contribution in [2.45, 2.75) is 13.5 Å². The van der Waals surface area contributed by atoms with Crippen molar-refractivity contribution in [1.29, 1.82) is 0 Å². The Kier molecular flexibility index (Phi) is 6.94. The summed E-state index contributed by atoms with van der Waals surface area (Å²) in [4.78, 5) is 12.9. The van der Waals surface area contributed by atoms with E-state index in [1.54, 1.807) is 0 Å². The van der Waals surface area contributed by atoms with Gasteiger partial charge in [-0.1, -0.05) is 30.3 Å². The summed E-state index contributed by atoms with van der Waals surface area (Å²) in [5.41, 5.74) is 14.0. The first-order valence-corrected chi connectivity index (χ1v) is 12.1. The molecule has 34 heavy (non-hydrogen) atoms. The fourth-order valence-corrected chi connectivity index (χ4v) is 4.65. The minimum absolute atomic E-state index is 0.832. The summed E-state index contributed by atoms with van der Waals surface area (Å²) in [5.74, 6) is 1.03. The highest BCUT2D eigenvalue weighted by Gasteiger charge is 2.19. The van der Waals surface area contributed by atoms with E-state index in [9.17, 15) is 0 Å². The zero-order chi connectivity index (χ0) is 23.3. The summed E-state index contributed by atoms with van der Waals surface area (Å²) in [6, 6.07) is 12.9. The van der Waals surface area contributed by atoms with Crippen molar-refractivity contribution in [1.82, 2.24) is 20.2 Å². The lowest BCUT2D eigenvalue weighted by Crippen LogP contribution is -2.43. The molecule has 0 amide bonds. The first-order valence-electron chi connectivity index (χ1n) is 12.1. The number of hydrogen-bond donors (Lipinski definition) is 3. The van der Waals surface area contributed by atoms with Gasteiger partial charge in [-0.05, 0) is 41.8 Å². The van der Waals surface area contributed by atoms with E-state index in [1.807, 2.05) is 12.3 Å². The Labute approximate surface area is 201 Å². The van der Waals surface area contributed by atoms with Crippen LogP contribution in [0.2, 0.25) is 0 Å². The van der Waals surface area contributed by atoms with Crippen molar-refractivity contribution in [2.24, 2.45) is 0 Å². The van der Waals surface area contributed by atoms with Crippen LogP contribution < -0.4 is 16.0 Å². The van der Waals surface area contributed by atoms with E-state index in [2.05, 4.69) is 74.5 Å². The number of aromatic amines is 1. The molecule has 0 radical (unpaired) electrons. The molecule has 178 valence electrons. The summed E-state index contributed by atoms with van der Waals surface area (Å²) < 4.78 is 5.44. The molecule has 0 bridgehead atoms. The molecule has 5 rings (SSSR count). The maximum absolute atomic E-state index is 6.48. The van der Waals surface area contributed by atoms with Gasteiger partial charge in [-0.15, -0.1) is 0 Å². The molecule has 2 aromatic heterocycles. The topological polar surface area (TPSA) is 82.4 Å². The minimum atomic E-state index is 0.832. The number of anilines is 2. The first-order chi connectivity index (χ1) is 16.7. The summed E-state index contributed by atoms with van der Waals surface area (Å²) in [6.07, 6.45) is 6.05. The Morgan fingerprint density at radius 2 is 1.79 bits per heavy atom. The van der Waals surface area contributed by atoms with Gasteiger partial charge in [-0.3, -0.25) is 9.88 Å². The number of H-pyrrole nitrogens is 1. The number of morpholine rings is 1. The van der Waals surface area contributed by atoms with Crippen LogP contribution in [0.15, 0.2) is 42.6 Å². The highest BCUT2D eigenvalue weighted by molar-refractivity contribution is 5.81. The average molecular weight is 459 g/mol. The van der Waals surface area contributed by atoms with Crippen molar-refractivity contribution in [3.63, 3.8) is 0 Å². The molecular weight excluding hydrogens is 424 g/mol. The lowest BCUT2D eigenvalue weighted by Gasteiger charge is -2.28. The van der Waals surface area contributed by atoms with Gasteiger partial charge in [0.05, 0.1) is 30.3 Å². The van der Waals surface area contributed by atoms with E-state index in [-0.39, 0.29) is 0 Å². The van der Waals surface area contributed by atoms with Crippen LogP contribution in [0.5, 0.6) is 0 Å². The van der Waals surface area contributed by atoms with Crippen LogP contribution in [0.4, 0.5) is 11.5 Å². The summed E-state index contributed by atoms with van der Waals surface area (Å²) >= 11 is 0. The van der Waals surface area contributed by atoms with Crippen LogP contribution in [0.3, 0.4) is 0 Å². The van der Waals surface area contributed by atoms with Crippen molar-refractivity contribution >= 4 is 23.7 Å². The Balaban J connectivity index is 1.29. The molecule has 0 spiro atoms. The third-order valence-electron chi connectivity index (χ3n) is 6.72. The second-order valence-corrected chi connectivity index (χ2v) is 9.06. The predicted octanol–water partition coefficient (Wildman–Crippen LogP) is 3.38. The summed E-state index contributed by atoms with van der Waals surface area (Å²) in [5, 5.41) is 3.39. The summed E-state index contributed by atoms with van der Waals surface area (Å²) in [6.45, 7) is 10.6. The number of piperazine rings is 1. The average Bonchev–Trinajstić information content (AvgIpc) is 3.19. The molecule has 3 aromatic rings. The fourth-order valence-electron chi connectivity index (χ4n) is 4.65. The molecule has 7 nitrogen and oxygen atoms in total. The first kappa shape index (κ1) is 22.7. The van der Waals surface area contributed by atoms with Crippen molar-refractivity contribution in [2.75, 3.05) is 63.1 Å². The van der Waals surface area contributed by atoms with Gasteiger partial charge < -0.3 is 25.7 Å². The normalized spacial score (nSPS) is 17.5. The van der Waals surface area contributed by atoms with E-state index >= 15 is 0 Å². The molecule has 4 heterocycles. The van der Waals surface area contributed by atoms with Crippen LogP contribution in [0, 0.1) is 6.92 Å². The molecule has 4 N–H and O–H groups in total. The number of benzene rings is 1. The minimum Gasteiger partial charge on any atom is -0.396 e. The van der Waals surface area contributed by atoms with Crippen LogP contribution in [0.1, 0.15) is 22.4 Å². The predicted molar refractivity (Wildman–Crippen MR) is 140 cm³/mol. The molecule has 0 aliphatic carbocycles. The standard InChI is InChI=1S/C27H34N6O/c1-20-25(28)27(33-12-10-29-11-13-33)31-26(20)23-8-9-30-24(18-23)7-6-21-2-4-22(5-3-21)19-32-14-16-34-17-15-32/h2-9,18,29,31H,10-17,19,28H2,1H3/b7-6+. The molecule has 2 aliphatic rings. The van der Waals surface area contributed by atoms with Gasteiger partial charge in [0.25, 0.3) is 0 Å². The molecule has 1 aromatic carbocycles. The zero-order valence-corrected chi connectivity index (χ0v) is 19.9. The number of nitrogen functional groups attached to an aromatic ring is 1.